The summed E-state index contributed by atoms with van der Waals surface area (Å²) in [4.78, 5) is 0. The molecule has 0 aliphatic heterocycles. The maximum Gasteiger partial charge on any atom is 0.0682 e. The van der Waals surface area contributed by atoms with Gasteiger partial charge in [0.2, 0.25) is 0 Å². The Labute approximate surface area is 115 Å². The second-order valence-electron chi connectivity index (χ2n) is 5.84. The lowest BCUT2D eigenvalue weighted by atomic mass is 9.87. The first-order valence-electron chi connectivity index (χ1n) is 7.47. The van der Waals surface area contributed by atoms with Crippen LogP contribution in [0.25, 0.3) is 10.9 Å². The number of hydrogen-bond acceptors (Lipinski definition) is 2. The van der Waals surface area contributed by atoms with E-state index in [0.717, 1.165) is 25.0 Å². The Morgan fingerprint density at radius 3 is 2.84 bits per heavy atom. The van der Waals surface area contributed by atoms with Crippen LogP contribution in [0, 0.1) is 5.92 Å². The Kier molecular flexibility index (Phi) is 3.83. The summed E-state index contributed by atoms with van der Waals surface area (Å²) in [6.07, 6.45) is 7.38. The van der Waals surface area contributed by atoms with Crippen LogP contribution < -0.4 is 5.32 Å². The summed E-state index contributed by atoms with van der Waals surface area (Å²) in [6.45, 7) is 4.34. The molecule has 2 aromatic rings. The number of nitrogens with one attached hydrogen (secondary N) is 1. The van der Waals surface area contributed by atoms with Gasteiger partial charge in [0.25, 0.3) is 0 Å². The molecule has 0 atom stereocenters. The molecule has 0 bridgehead atoms. The Morgan fingerprint density at radius 1 is 1.21 bits per heavy atom. The monoisotopic (exact) mass is 257 g/mol. The average molecular weight is 257 g/mol. The molecule has 1 heterocycles. The average Bonchev–Trinajstić information content (AvgIpc) is 2.85. The zero-order valence-corrected chi connectivity index (χ0v) is 11.7. The molecule has 1 saturated carbocycles. The molecule has 0 radical (unpaired) electrons. The lowest BCUT2D eigenvalue weighted by molar-refractivity contribution is 0.304. The van der Waals surface area contributed by atoms with Gasteiger partial charge in [0, 0.05) is 18.0 Å². The largest absolute Gasteiger partial charge is 0.312 e. The van der Waals surface area contributed by atoms with E-state index in [9.17, 15) is 0 Å². The minimum Gasteiger partial charge on any atom is -0.312 e. The van der Waals surface area contributed by atoms with Gasteiger partial charge in [-0.3, -0.25) is 4.68 Å². The van der Waals surface area contributed by atoms with Gasteiger partial charge < -0.3 is 5.32 Å². The van der Waals surface area contributed by atoms with E-state index < -0.39 is 0 Å². The van der Waals surface area contributed by atoms with Crippen LogP contribution in [0.1, 0.15) is 32.6 Å². The minimum atomic E-state index is 0.720. The molecule has 102 valence electrons. The number of aromatic nitrogens is 2. The van der Waals surface area contributed by atoms with Gasteiger partial charge in [-0.25, -0.2) is 0 Å². The molecule has 1 aromatic carbocycles. The van der Waals surface area contributed by atoms with Crippen LogP contribution >= 0.6 is 0 Å². The summed E-state index contributed by atoms with van der Waals surface area (Å²) in [5.41, 5.74) is 1.24. The molecule has 19 heavy (non-hydrogen) atoms. The van der Waals surface area contributed by atoms with E-state index in [1.54, 1.807) is 0 Å². The van der Waals surface area contributed by atoms with Crippen molar-refractivity contribution >= 4 is 10.9 Å². The number of hydrogen-bond donors (Lipinski definition) is 1. The first kappa shape index (κ1) is 12.7. The summed E-state index contributed by atoms with van der Waals surface area (Å²) < 4.78 is 2.10. The third kappa shape index (κ3) is 2.98. The topological polar surface area (TPSA) is 29.9 Å². The van der Waals surface area contributed by atoms with Gasteiger partial charge in [-0.1, -0.05) is 25.1 Å². The Balaban J connectivity index is 1.52. The number of fused-ring (bicyclic) bond motifs is 1. The highest BCUT2D eigenvalue weighted by Crippen LogP contribution is 2.23. The van der Waals surface area contributed by atoms with E-state index >= 15 is 0 Å². The van der Waals surface area contributed by atoms with Gasteiger partial charge in [0.15, 0.2) is 0 Å². The highest BCUT2D eigenvalue weighted by atomic mass is 15.3. The molecule has 1 aliphatic carbocycles. The summed E-state index contributed by atoms with van der Waals surface area (Å²) in [5, 5.41) is 9.38. The van der Waals surface area contributed by atoms with Gasteiger partial charge in [-0.05, 0) is 37.7 Å². The van der Waals surface area contributed by atoms with Crippen molar-refractivity contribution in [2.45, 2.75) is 45.2 Å². The second kappa shape index (κ2) is 5.74. The van der Waals surface area contributed by atoms with Crippen LogP contribution in [0.15, 0.2) is 30.5 Å². The summed E-state index contributed by atoms with van der Waals surface area (Å²) in [5.74, 6) is 0.924. The molecule has 3 rings (SSSR count). The van der Waals surface area contributed by atoms with E-state index in [4.69, 9.17) is 0 Å². The van der Waals surface area contributed by atoms with Crippen LogP contribution in [-0.2, 0) is 6.54 Å². The van der Waals surface area contributed by atoms with Gasteiger partial charge in [-0.15, -0.1) is 0 Å². The molecule has 3 nitrogen and oxygen atoms in total. The number of rotatable bonds is 4. The second-order valence-corrected chi connectivity index (χ2v) is 5.84. The van der Waals surface area contributed by atoms with Crippen molar-refractivity contribution in [3.63, 3.8) is 0 Å². The summed E-state index contributed by atoms with van der Waals surface area (Å²) in [6, 6.07) is 9.13. The molecule has 3 heteroatoms. The molecule has 1 aromatic heterocycles. The standard InChI is InChI=1S/C16H23N3/c1-13-6-8-15(9-7-13)17-10-11-19-16-5-3-2-4-14(16)12-18-19/h2-5,12-13,15,17H,6-11H2,1H3. The molecule has 0 unspecified atom stereocenters. The number of benzene rings is 1. The van der Waals surface area contributed by atoms with Crippen molar-refractivity contribution in [1.82, 2.24) is 15.1 Å². The Hall–Kier alpha value is -1.35. The number of para-hydroxylation sites is 1. The van der Waals surface area contributed by atoms with Crippen LogP contribution in [0.2, 0.25) is 0 Å². The van der Waals surface area contributed by atoms with Crippen molar-refractivity contribution in [2.75, 3.05) is 6.54 Å². The van der Waals surface area contributed by atoms with E-state index in [1.807, 2.05) is 6.20 Å². The number of nitrogens with zero attached hydrogens (tertiary/aromatic N) is 2. The fraction of sp³-hybridized carbons (Fsp3) is 0.562. The molecule has 1 aliphatic rings. The van der Waals surface area contributed by atoms with Crippen molar-refractivity contribution in [1.29, 1.82) is 0 Å². The molecular formula is C16H23N3. The normalized spacial score (nSPS) is 23.8. The molecule has 0 amide bonds. The van der Waals surface area contributed by atoms with Gasteiger partial charge in [0.1, 0.15) is 0 Å². The van der Waals surface area contributed by atoms with Gasteiger partial charge >= 0.3 is 0 Å². The maximum atomic E-state index is 4.47. The zero-order chi connectivity index (χ0) is 13.1. The van der Waals surface area contributed by atoms with Gasteiger partial charge in [0.05, 0.1) is 18.3 Å². The van der Waals surface area contributed by atoms with Crippen LogP contribution in [0.3, 0.4) is 0 Å². The van der Waals surface area contributed by atoms with Crippen LogP contribution in [0.4, 0.5) is 0 Å². The highest BCUT2D eigenvalue weighted by molar-refractivity contribution is 5.78. The fourth-order valence-electron chi connectivity index (χ4n) is 3.04. The summed E-state index contributed by atoms with van der Waals surface area (Å²) >= 11 is 0. The van der Waals surface area contributed by atoms with Crippen molar-refractivity contribution in [2.24, 2.45) is 5.92 Å². The Morgan fingerprint density at radius 2 is 2.00 bits per heavy atom. The predicted molar refractivity (Wildman–Crippen MR) is 79.2 cm³/mol. The minimum absolute atomic E-state index is 0.720. The third-order valence-electron chi connectivity index (χ3n) is 4.32. The molecular weight excluding hydrogens is 234 g/mol. The first-order valence-corrected chi connectivity index (χ1v) is 7.47. The molecule has 1 N–H and O–H groups in total. The van der Waals surface area contributed by atoms with E-state index in [1.165, 1.54) is 36.6 Å². The van der Waals surface area contributed by atoms with E-state index in [0.29, 0.717) is 0 Å². The quantitative estimate of drug-likeness (QED) is 0.911. The smallest absolute Gasteiger partial charge is 0.0682 e. The third-order valence-corrected chi connectivity index (χ3v) is 4.32. The highest BCUT2D eigenvalue weighted by Gasteiger charge is 2.17. The fourth-order valence-corrected chi connectivity index (χ4v) is 3.04. The van der Waals surface area contributed by atoms with Gasteiger partial charge in [-0.2, -0.15) is 5.10 Å². The maximum absolute atomic E-state index is 4.47. The van der Waals surface area contributed by atoms with Crippen LogP contribution in [0.5, 0.6) is 0 Å². The van der Waals surface area contributed by atoms with Crippen molar-refractivity contribution < 1.29 is 0 Å². The lowest BCUT2D eigenvalue weighted by Gasteiger charge is -2.27. The Bertz CT molecular complexity index is 524. The zero-order valence-electron chi connectivity index (χ0n) is 11.7. The lowest BCUT2D eigenvalue weighted by Crippen LogP contribution is -2.34. The predicted octanol–water partition coefficient (Wildman–Crippen LogP) is 3.20. The molecule has 0 saturated heterocycles. The molecule has 0 spiro atoms. The van der Waals surface area contributed by atoms with Crippen molar-refractivity contribution in [3.05, 3.63) is 30.5 Å². The van der Waals surface area contributed by atoms with E-state index in [2.05, 4.69) is 46.3 Å². The SMILES string of the molecule is CC1CCC(NCCn2ncc3ccccc32)CC1. The molecule has 1 fully saturated rings. The summed E-state index contributed by atoms with van der Waals surface area (Å²) in [7, 11) is 0. The van der Waals surface area contributed by atoms with Crippen molar-refractivity contribution in [3.8, 4) is 0 Å². The van der Waals surface area contributed by atoms with E-state index in [-0.39, 0.29) is 0 Å². The van der Waals surface area contributed by atoms with Crippen LogP contribution in [-0.4, -0.2) is 22.4 Å². The first-order chi connectivity index (χ1) is 9.33.